The molecule has 2 aromatic carbocycles. The Hall–Kier alpha value is -2.51. The summed E-state index contributed by atoms with van der Waals surface area (Å²) in [4.78, 5) is 27.9. The first-order valence-corrected chi connectivity index (χ1v) is 9.91. The van der Waals surface area contributed by atoms with Crippen molar-refractivity contribution < 1.29 is 19.1 Å². The number of benzene rings is 2. The van der Waals surface area contributed by atoms with Crippen molar-refractivity contribution >= 4 is 45.1 Å². The molecular weight excluding hydrogens is 382 g/mol. The molecule has 0 N–H and O–H groups in total. The van der Waals surface area contributed by atoms with E-state index >= 15 is 0 Å². The second-order valence-corrected chi connectivity index (χ2v) is 7.76. The average Bonchev–Trinajstić information content (AvgIpc) is 3.00. The van der Waals surface area contributed by atoms with Gasteiger partial charge in [0.05, 0.1) is 7.11 Å². The number of methoxy groups -OCH3 is 1. The van der Waals surface area contributed by atoms with Crippen LogP contribution in [0.15, 0.2) is 59.2 Å². The lowest BCUT2D eigenvalue weighted by Gasteiger charge is -2.08. The van der Waals surface area contributed by atoms with Crippen molar-refractivity contribution in [1.82, 2.24) is 0 Å². The molecule has 0 saturated heterocycles. The number of ether oxygens (including phenoxy) is 2. The van der Waals surface area contributed by atoms with E-state index in [1.165, 1.54) is 31.4 Å². The van der Waals surface area contributed by atoms with Gasteiger partial charge in [0.1, 0.15) is 10.1 Å². The van der Waals surface area contributed by atoms with Crippen LogP contribution in [0.5, 0.6) is 11.5 Å². The summed E-state index contributed by atoms with van der Waals surface area (Å²) >= 11 is 2.67. The van der Waals surface area contributed by atoms with Crippen molar-refractivity contribution in [3.63, 3.8) is 0 Å². The number of carbonyl (C=O) groups excluding carboxylic acids is 2. The first-order valence-electron chi connectivity index (χ1n) is 8.11. The third-order valence-corrected chi connectivity index (χ3v) is 5.63. The number of aliphatic imine (C=N–C) groups is 1. The summed E-state index contributed by atoms with van der Waals surface area (Å²) in [6.07, 6.45) is 1.68. The van der Waals surface area contributed by atoms with Crippen LogP contribution in [-0.2, 0) is 15.3 Å². The Morgan fingerprint density at radius 2 is 1.96 bits per heavy atom. The van der Waals surface area contributed by atoms with Gasteiger partial charge in [0.2, 0.25) is 5.12 Å². The van der Waals surface area contributed by atoms with E-state index in [1.807, 2.05) is 30.3 Å². The Bertz CT molecular complexity index is 923. The Morgan fingerprint density at radius 1 is 1.19 bits per heavy atom. The maximum Gasteiger partial charge on any atom is 0.308 e. The number of esters is 1. The zero-order valence-corrected chi connectivity index (χ0v) is 16.4. The zero-order valence-electron chi connectivity index (χ0n) is 14.8. The lowest BCUT2D eigenvalue weighted by atomic mass is 10.1. The predicted octanol–water partition coefficient (Wildman–Crippen LogP) is 4.52. The van der Waals surface area contributed by atoms with Gasteiger partial charge in [-0.05, 0) is 41.1 Å². The van der Waals surface area contributed by atoms with Crippen LogP contribution in [0.3, 0.4) is 0 Å². The molecule has 0 amide bonds. The molecule has 1 heterocycles. The summed E-state index contributed by atoms with van der Waals surface area (Å²) in [5, 5.41) is -0.101. The number of nitrogens with zero attached hydrogens (tertiary/aromatic N) is 1. The van der Waals surface area contributed by atoms with Crippen molar-refractivity contribution in [2.45, 2.75) is 12.7 Å². The van der Waals surface area contributed by atoms with E-state index in [2.05, 4.69) is 4.99 Å². The molecule has 0 spiro atoms. The molecule has 0 radical (unpaired) electrons. The minimum atomic E-state index is -0.441. The fourth-order valence-corrected chi connectivity index (χ4v) is 4.14. The minimum Gasteiger partial charge on any atom is -0.493 e. The van der Waals surface area contributed by atoms with Gasteiger partial charge in [-0.2, -0.15) is 0 Å². The number of rotatable bonds is 5. The lowest BCUT2D eigenvalue weighted by Crippen LogP contribution is -2.03. The summed E-state index contributed by atoms with van der Waals surface area (Å²) in [5.74, 6) is 1.07. The maximum absolute atomic E-state index is 12.2. The van der Waals surface area contributed by atoms with E-state index in [-0.39, 0.29) is 5.12 Å². The Kier molecular flexibility index (Phi) is 6.36. The van der Waals surface area contributed by atoms with E-state index < -0.39 is 5.97 Å². The molecular formula is C20H17NO4S2. The average molecular weight is 399 g/mol. The Labute approximate surface area is 165 Å². The van der Waals surface area contributed by atoms with Gasteiger partial charge in [-0.15, -0.1) is 0 Å². The minimum absolute atomic E-state index is 0.101. The SMILES string of the molecule is COc1ccc(C=C2N=C(SCc3ccccc3)SC2=O)cc1OC(C)=O. The van der Waals surface area contributed by atoms with Crippen molar-refractivity contribution in [2.75, 3.05) is 7.11 Å². The highest BCUT2D eigenvalue weighted by atomic mass is 32.2. The molecule has 0 unspecified atom stereocenters. The van der Waals surface area contributed by atoms with Gasteiger partial charge < -0.3 is 9.47 Å². The molecule has 0 bridgehead atoms. The van der Waals surface area contributed by atoms with Gasteiger partial charge in [-0.1, -0.05) is 48.2 Å². The standard InChI is InChI=1S/C20H17NO4S2/c1-13(22)25-18-11-15(8-9-17(18)24-2)10-16-19(23)27-20(21-16)26-12-14-6-4-3-5-7-14/h3-11H,12H2,1-2H3. The highest BCUT2D eigenvalue weighted by Gasteiger charge is 2.22. The van der Waals surface area contributed by atoms with Crippen molar-refractivity contribution in [3.8, 4) is 11.5 Å². The molecule has 7 heteroatoms. The molecule has 2 aromatic rings. The second-order valence-electron chi connectivity index (χ2n) is 5.58. The molecule has 0 aromatic heterocycles. The summed E-state index contributed by atoms with van der Waals surface area (Å²) in [6, 6.07) is 15.1. The lowest BCUT2D eigenvalue weighted by molar-refractivity contribution is -0.132. The van der Waals surface area contributed by atoms with Gasteiger partial charge >= 0.3 is 5.97 Å². The first kappa shape index (κ1) is 19.3. The van der Waals surface area contributed by atoms with Crippen LogP contribution in [0.2, 0.25) is 0 Å². The van der Waals surface area contributed by atoms with Gasteiger partial charge in [-0.25, -0.2) is 4.99 Å². The van der Waals surface area contributed by atoms with Crippen LogP contribution in [0.25, 0.3) is 6.08 Å². The van der Waals surface area contributed by atoms with Gasteiger partial charge in [0.15, 0.2) is 11.5 Å². The highest BCUT2D eigenvalue weighted by molar-refractivity contribution is 8.45. The summed E-state index contributed by atoms with van der Waals surface area (Å²) in [7, 11) is 1.50. The van der Waals surface area contributed by atoms with Crippen LogP contribution in [0.1, 0.15) is 18.1 Å². The normalized spacial score (nSPS) is 15.0. The van der Waals surface area contributed by atoms with Crippen LogP contribution in [0, 0.1) is 0 Å². The van der Waals surface area contributed by atoms with E-state index in [0.29, 0.717) is 22.8 Å². The third-order valence-electron chi connectivity index (χ3n) is 3.55. The highest BCUT2D eigenvalue weighted by Crippen LogP contribution is 2.34. The molecule has 27 heavy (non-hydrogen) atoms. The third kappa shape index (κ3) is 5.24. The van der Waals surface area contributed by atoms with Crippen molar-refractivity contribution in [1.29, 1.82) is 0 Å². The predicted molar refractivity (Wildman–Crippen MR) is 110 cm³/mol. The molecule has 5 nitrogen and oxygen atoms in total. The zero-order chi connectivity index (χ0) is 19.2. The summed E-state index contributed by atoms with van der Waals surface area (Å²) < 4.78 is 11.1. The maximum atomic E-state index is 12.2. The molecule has 0 atom stereocenters. The Morgan fingerprint density at radius 3 is 2.67 bits per heavy atom. The molecule has 138 valence electrons. The van der Waals surface area contributed by atoms with Gasteiger partial charge in [0.25, 0.3) is 0 Å². The number of thioether (sulfide) groups is 2. The van der Waals surface area contributed by atoms with E-state index in [4.69, 9.17) is 9.47 Å². The molecule has 0 aliphatic carbocycles. The van der Waals surface area contributed by atoms with Crippen LogP contribution in [-0.4, -0.2) is 22.6 Å². The number of carbonyl (C=O) groups is 2. The van der Waals surface area contributed by atoms with Crippen molar-refractivity contribution in [2.24, 2.45) is 4.99 Å². The molecule has 1 aliphatic rings. The Balaban J connectivity index is 1.76. The van der Waals surface area contributed by atoms with Crippen LogP contribution < -0.4 is 9.47 Å². The van der Waals surface area contributed by atoms with Gasteiger partial charge in [-0.3, -0.25) is 9.59 Å². The van der Waals surface area contributed by atoms with E-state index in [1.54, 1.807) is 24.3 Å². The van der Waals surface area contributed by atoms with E-state index in [0.717, 1.165) is 21.9 Å². The molecule has 3 rings (SSSR count). The van der Waals surface area contributed by atoms with Crippen LogP contribution in [0.4, 0.5) is 0 Å². The summed E-state index contributed by atoms with van der Waals surface area (Å²) in [6.45, 7) is 1.32. The van der Waals surface area contributed by atoms with Gasteiger partial charge in [0, 0.05) is 12.7 Å². The summed E-state index contributed by atoms with van der Waals surface area (Å²) in [5.41, 5.74) is 2.25. The molecule has 0 fully saturated rings. The quantitative estimate of drug-likeness (QED) is 0.418. The smallest absolute Gasteiger partial charge is 0.308 e. The number of hydrogen-bond donors (Lipinski definition) is 0. The molecule has 0 saturated carbocycles. The first-order chi connectivity index (χ1) is 13.0. The number of hydrogen-bond acceptors (Lipinski definition) is 7. The topological polar surface area (TPSA) is 65.0 Å². The van der Waals surface area contributed by atoms with Crippen molar-refractivity contribution in [3.05, 3.63) is 65.4 Å². The fourth-order valence-electron chi connectivity index (χ4n) is 2.35. The largest absolute Gasteiger partial charge is 0.493 e. The van der Waals surface area contributed by atoms with E-state index in [9.17, 15) is 9.59 Å². The second kappa shape index (κ2) is 8.92. The monoisotopic (exact) mass is 399 g/mol. The van der Waals surface area contributed by atoms with Crippen LogP contribution >= 0.6 is 23.5 Å². The fraction of sp³-hybridized carbons (Fsp3) is 0.150. The molecule has 1 aliphatic heterocycles.